The molecule has 18 heteroatoms. The number of amides is 6. The van der Waals surface area contributed by atoms with Gasteiger partial charge in [0.2, 0.25) is 35.4 Å². The van der Waals surface area contributed by atoms with E-state index in [1.165, 1.54) is 17.0 Å². The van der Waals surface area contributed by atoms with Crippen LogP contribution in [0.1, 0.15) is 57.1 Å². The van der Waals surface area contributed by atoms with Crippen molar-refractivity contribution in [1.82, 2.24) is 31.2 Å². The van der Waals surface area contributed by atoms with Gasteiger partial charge in [0.15, 0.2) is 5.96 Å². The Morgan fingerprint density at radius 3 is 2.25 bits per heavy atom. The van der Waals surface area contributed by atoms with Crippen LogP contribution < -0.4 is 44.2 Å². The first-order valence-corrected chi connectivity index (χ1v) is 19.0. The Kier molecular flexibility index (Phi) is 15.8. The van der Waals surface area contributed by atoms with Gasteiger partial charge in [0, 0.05) is 36.6 Å². The number of nitrogens with one attached hydrogen (secondary N) is 5. The fourth-order valence-electron chi connectivity index (χ4n) is 6.79. The van der Waals surface area contributed by atoms with Gasteiger partial charge in [0.1, 0.15) is 29.9 Å². The highest BCUT2D eigenvalue weighted by atomic mass is 16.3. The summed E-state index contributed by atoms with van der Waals surface area (Å²) in [5.41, 5.74) is 24.7. The molecule has 0 radical (unpaired) electrons. The number of primary amides is 1. The van der Waals surface area contributed by atoms with Gasteiger partial charge in [0.05, 0.1) is 12.6 Å². The third-order valence-electron chi connectivity index (χ3n) is 9.64. The second kappa shape index (κ2) is 20.7. The Bertz CT molecular complexity index is 1910. The van der Waals surface area contributed by atoms with E-state index in [-0.39, 0.29) is 56.4 Å². The van der Waals surface area contributed by atoms with Crippen LogP contribution in [0.3, 0.4) is 0 Å². The van der Waals surface area contributed by atoms with Crippen molar-refractivity contribution in [2.75, 3.05) is 19.6 Å². The van der Waals surface area contributed by atoms with Crippen LogP contribution in [0, 0.1) is 5.92 Å². The van der Waals surface area contributed by atoms with E-state index in [4.69, 9.17) is 22.9 Å². The van der Waals surface area contributed by atoms with Gasteiger partial charge in [-0.2, -0.15) is 0 Å². The van der Waals surface area contributed by atoms with Crippen LogP contribution in [0.15, 0.2) is 59.7 Å². The lowest BCUT2D eigenvalue weighted by Crippen LogP contribution is -2.59. The molecular weight excluding hydrogens is 734 g/mol. The number of fused-ring (bicyclic) bond motifs is 1. The number of nitrogens with two attached hydrogens (primary N) is 4. The molecule has 1 aliphatic heterocycles. The number of guanidine groups is 1. The number of phenolic OH excluding ortho intramolecular Hbond substituents is 1. The van der Waals surface area contributed by atoms with Crippen LogP contribution in [0.4, 0.5) is 0 Å². The largest absolute Gasteiger partial charge is 0.508 e. The van der Waals surface area contributed by atoms with Crippen LogP contribution in [-0.4, -0.2) is 106 Å². The van der Waals surface area contributed by atoms with Crippen molar-refractivity contribution >= 4 is 52.3 Å². The Hall–Kier alpha value is -6.17. The van der Waals surface area contributed by atoms with Gasteiger partial charge in [0.25, 0.3) is 0 Å². The average molecular weight is 790 g/mol. The van der Waals surface area contributed by atoms with E-state index >= 15 is 0 Å². The van der Waals surface area contributed by atoms with Crippen LogP contribution >= 0.6 is 0 Å². The van der Waals surface area contributed by atoms with Gasteiger partial charge in [-0.05, 0) is 73.8 Å². The predicted molar refractivity (Wildman–Crippen MR) is 214 cm³/mol. The number of benzene rings is 2. The lowest BCUT2D eigenvalue weighted by atomic mass is 9.99. The normalized spacial score (nSPS) is 15.9. The number of aromatic hydroxyl groups is 1. The smallest absolute Gasteiger partial charge is 0.245 e. The van der Waals surface area contributed by atoms with Gasteiger partial charge < -0.3 is 59.2 Å². The number of hydrogen-bond donors (Lipinski definition) is 10. The molecule has 2 heterocycles. The molecule has 1 unspecified atom stereocenters. The number of hydrogen-bond acceptors (Lipinski definition) is 9. The number of likely N-dealkylation sites (tertiary alicyclic amines) is 1. The Balaban J connectivity index is 1.56. The second-order valence-electron chi connectivity index (χ2n) is 14.7. The van der Waals surface area contributed by atoms with Crippen molar-refractivity contribution in [3.8, 4) is 5.75 Å². The number of aromatic nitrogens is 1. The summed E-state index contributed by atoms with van der Waals surface area (Å²) in [6.45, 7) is 3.76. The molecule has 1 aromatic heterocycles. The number of para-hydroxylation sites is 1. The molecule has 4 rings (SSSR count). The molecule has 1 aliphatic rings. The number of aromatic amines is 1. The SMILES string of the molecule is CC(C)C[C@H](NC(=O)[C@@H](Cc1c[nH]c2ccccc12)NC(=O)C(N)Cc1ccc(O)cc1)C(=O)N[C@@H](CCCN=C(N)N)C(=O)N1CCC[C@H]1C(=O)NCC(N)=O. The molecule has 1 fully saturated rings. The monoisotopic (exact) mass is 789 g/mol. The van der Waals surface area contributed by atoms with Gasteiger partial charge in [-0.15, -0.1) is 0 Å². The fraction of sp³-hybridized carbons (Fsp3) is 0.462. The third kappa shape index (κ3) is 12.9. The Morgan fingerprint density at radius 1 is 0.895 bits per heavy atom. The number of H-pyrrole nitrogens is 1. The van der Waals surface area contributed by atoms with E-state index in [1.807, 2.05) is 38.1 Å². The molecule has 14 N–H and O–H groups in total. The molecule has 0 bridgehead atoms. The molecule has 2 aromatic carbocycles. The molecule has 0 spiro atoms. The number of aliphatic imine (C=N–C) groups is 1. The standard InChI is InChI=1S/C39H55N11O7/c1-22(2)17-30(35(54)47-29(9-5-15-44-39(42)43)38(57)50-16-6-10-32(50)37(56)46-21-33(41)52)49-36(55)31(19-24-20-45-28-8-4-3-7-26(24)28)48-34(53)27(40)18-23-11-13-25(51)14-12-23/h3-4,7-8,11-14,20,22,27,29-32,45,51H,5-6,9-10,15-19,21,40H2,1-2H3,(H2,41,52)(H,46,56)(H,47,54)(H,48,53)(H,49,55)(H4,42,43,44)/t27?,29-,30-,31+,32-/m0/s1. The zero-order valence-corrected chi connectivity index (χ0v) is 32.3. The van der Waals surface area contributed by atoms with Crippen molar-refractivity contribution in [2.45, 2.75) is 89.0 Å². The summed E-state index contributed by atoms with van der Waals surface area (Å²) in [5.74, 6) is -3.84. The van der Waals surface area contributed by atoms with E-state index in [0.29, 0.717) is 24.8 Å². The first kappa shape index (κ1) is 43.6. The minimum absolute atomic E-state index is 0.0591. The third-order valence-corrected chi connectivity index (χ3v) is 9.64. The van der Waals surface area contributed by atoms with Crippen molar-refractivity contribution in [3.05, 3.63) is 65.9 Å². The first-order valence-electron chi connectivity index (χ1n) is 19.0. The summed E-state index contributed by atoms with van der Waals surface area (Å²) >= 11 is 0. The average Bonchev–Trinajstić information content (AvgIpc) is 3.82. The maximum absolute atomic E-state index is 14.2. The molecule has 0 aliphatic carbocycles. The molecule has 3 aromatic rings. The summed E-state index contributed by atoms with van der Waals surface area (Å²) in [4.78, 5) is 88.6. The summed E-state index contributed by atoms with van der Waals surface area (Å²) in [6.07, 6.45) is 3.40. The van der Waals surface area contributed by atoms with Gasteiger partial charge in [-0.1, -0.05) is 44.2 Å². The molecular formula is C39H55N11O7. The molecule has 1 saturated heterocycles. The summed E-state index contributed by atoms with van der Waals surface area (Å²) in [6, 6.07) is 8.44. The van der Waals surface area contributed by atoms with Crippen molar-refractivity contribution in [3.63, 3.8) is 0 Å². The minimum atomic E-state index is -1.16. The fourth-order valence-corrected chi connectivity index (χ4v) is 6.79. The first-order chi connectivity index (χ1) is 27.1. The van der Waals surface area contributed by atoms with Crippen LogP contribution in [0.5, 0.6) is 5.75 Å². The second-order valence-corrected chi connectivity index (χ2v) is 14.7. The van der Waals surface area contributed by atoms with Gasteiger partial charge in [-0.25, -0.2) is 0 Å². The number of carbonyl (C=O) groups excluding carboxylic acids is 6. The maximum atomic E-state index is 14.2. The lowest BCUT2D eigenvalue weighted by Gasteiger charge is -2.30. The Morgan fingerprint density at radius 2 is 1.56 bits per heavy atom. The van der Waals surface area contributed by atoms with Gasteiger partial charge in [-0.3, -0.25) is 33.8 Å². The molecule has 6 amide bonds. The number of rotatable bonds is 20. The van der Waals surface area contributed by atoms with E-state index in [0.717, 1.165) is 16.5 Å². The van der Waals surface area contributed by atoms with E-state index in [9.17, 15) is 33.9 Å². The number of carbonyl (C=O) groups is 6. The van der Waals surface area contributed by atoms with Crippen molar-refractivity contribution < 1.29 is 33.9 Å². The topological polar surface area (TPSA) is 306 Å². The molecule has 18 nitrogen and oxygen atoms in total. The van der Waals surface area contributed by atoms with Crippen LogP contribution in [0.25, 0.3) is 10.9 Å². The summed E-state index contributed by atoms with van der Waals surface area (Å²) < 4.78 is 0. The predicted octanol–water partition coefficient (Wildman–Crippen LogP) is -0.867. The van der Waals surface area contributed by atoms with Crippen LogP contribution in [0.2, 0.25) is 0 Å². The van der Waals surface area contributed by atoms with Crippen molar-refractivity contribution in [1.29, 1.82) is 0 Å². The Labute approximate surface area is 330 Å². The maximum Gasteiger partial charge on any atom is 0.245 e. The minimum Gasteiger partial charge on any atom is -0.508 e. The lowest BCUT2D eigenvalue weighted by molar-refractivity contribution is -0.142. The quantitative estimate of drug-likeness (QED) is 0.0384. The molecule has 57 heavy (non-hydrogen) atoms. The molecule has 0 saturated carbocycles. The highest BCUT2D eigenvalue weighted by Crippen LogP contribution is 2.22. The molecule has 5 atom stereocenters. The van der Waals surface area contributed by atoms with Crippen molar-refractivity contribution in [2.24, 2.45) is 33.8 Å². The highest BCUT2D eigenvalue weighted by molar-refractivity contribution is 5.97. The van der Waals surface area contributed by atoms with E-state index in [2.05, 4.69) is 31.2 Å². The highest BCUT2D eigenvalue weighted by Gasteiger charge is 2.39. The number of phenols is 1. The van der Waals surface area contributed by atoms with E-state index in [1.54, 1.807) is 18.3 Å². The number of nitrogens with zero attached hydrogens (tertiary/aromatic N) is 2. The summed E-state index contributed by atoms with van der Waals surface area (Å²) in [5, 5.41) is 21.4. The molecule has 308 valence electrons. The van der Waals surface area contributed by atoms with Crippen LogP contribution in [-0.2, 0) is 41.6 Å². The van der Waals surface area contributed by atoms with E-state index < -0.39 is 72.2 Å². The van der Waals surface area contributed by atoms with Gasteiger partial charge >= 0.3 is 0 Å². The zero-order chi connectivity index (χ0) is 41.6. The summed E-state index contributed by atoms with van der Waals surface area (Å²) in [7, 11) is 0. The zero-order valence-electron chi connectivity index (χ0n) is 32.3.